The number of fused-ring (bicyclic) bond motifs is 4. The summed E-state index contributed by atoms with van der Waals surface area (Å²) in [5, 5.41) is 4.22. The van der Waals surface area contributed by atoms with E-state index in [1.165, 1.54) is 24.0 Å². The Morgan fingerprint density at radius 1 is 1.12 bits per heavy atom. The van der Waals surface area contributed by atoms with Crippen LogP contribution in [0.1, 0.15) is 23.4 Å². The third-order valence-electron chi connectivity index (χ3n) is 4.84. The van der Waals surface area contributed by atoms with Crippen LogP contribution in [-0.2, 0) is 19.4 Å². The van der Waals surface area contributed by atoms with Gasteiger partial charge in [-0.2, -0.15) is 0 Å². The number of furan rings is 1. The number of hydrogen-bond donors (Lipinski definition) is 2. The molecule has 0 amide bonds. The van der Waals surface area contributed by atoms with Crippen molar-refractivity contribution >= 4 is 27.8 Å². The van der Waals surface area contributed by atoms with E-state index in [0.717, 1.165) is 17.5 Å². The Kier molecular flexibility index (Phi) is 3.13. The summed E-state index contributed by atoms with van der Waals surface area (Å²) in [6.07, 6.45) is 3.56. The molecule has 124 valence electrons. The number of nitrogens with zero attached hydrogens (tertiary/aromatic N) is 1. The minimum atomic E-state index is -0.244. The van der Waals surface area contributed by atoms with Gasteiger partial charge in [0.25, 0.3) is 5.56 Å². The minimum Gasteiger partial charge on any atom is -0.449 e. The molecule has 0 spiro atoms. The molecule has 2 aromatic heterocycles. The fourth-order valence-electron chi connectivity index (χ4n) is 3.60. The lowest BCUT2D eigenvalue weighted by molar-refractivity contribution is 0.659. The van der Waals surface area contributed by atoms with Gasteiger partial charge in [0.05, 0.1) is 6.54 Å². The summed E-state index contributed by atoms with van der Waals surface area (Å²) >= 11 is 0. The molecule has 1 aliphatic carbocycles. The van der Waals surface area contributed by atoms with Gasteiger partial charge in [0, 0.05) is 11.1 Å². The van der Waals surface area contributed by atoms with E-state index >= 15 is 0 Å². The van der Waals surface area contributed by atoms with Gasteiger partial charge in [-0.1, -0.05) is 18.2 Å². The third-order valence-corrected chi connectivity index (χ3v) is 4.84. The first-order valence-corrected chi connectivity index (χ1v) is 8.54. The Morgan fingerprint density at radius 2 is 2.00 bits per heavy atom. The summed E-state index contributed by atoms with van der Waals surface area (Å²) in [5.41, 5.74) is 5.25. The van der Waals surface area contributed by atoms with Gasteiger partial charge in [-0.3, -0.25) is 4.79 Å². The number of nitrogens with one attached hydrogen (secondary N) is 2. The van der Waals surface area contributed by atoms with Crippen molar-refractivity contribution in [2.45, 2.75) is 25.8 Å². The molecule has 25 heavy (non-hydrogen) atoms. The van der Waals surface area contributed by atoms with Gasteiger partial charge in [0.15, 0.2) is 0 Å². The molecule has 0 fully saturated rings. The molecule has 0 saturated carbocycles. The summed E-state index contributed by atoms with van der Waals surface area (Å²) in [6, 6.07) is 14.1. The highest BCUT2D eigenvalue weighted by Gasteiger charge is 2.13. The number of aromatic amines is 1. The summed E-state index contributed by atoms with van der Waals surface area (Å²) in [5.74, 6) is 0.601. The average molecular weight is 331 g/mol. The van der Waals surface area contributed by atoms with Crippen LogP contribution < -0.4 is 10.9 Å². The van der Waals surface area contributed by atoms with E-state index in [1.807, 2.05) is 24.3 Å². The number of hydrogen-bond acceptors (Lipinski definition) is 4. The zero-order chi connectivity index (χ0) is 16.8. The Hall–Kier alpha value is -3.08. The largest absolute Gasteiger partial charge is 0.449 e. The smallest absolute Gasteiger partial charge is 0.294 e. The molecule has 5 nitrogen and oxygen atoms in total. The van der Waals surface area contributed by atoms with E-state index in [0.29, 0.717) is 23.5 Å². The second-order valence-corrected chi connectivity index (χ2v) is 6.48. The molecule has 0 unspecified atom stereocenters. The van der Waals surface area contributed by atoms with E-state index in [-0.39, 0.29) is 11.1 Å². The van der Waals surface area contributed by atoms with Crippen molar-refractivity contribution in [1.82, 2.24) is 9.97 Å². The van der Waals surface area contributed by atoms with Gasteiger partial charge in [0.2, 0.25) is 5.58 Å². The molecular weight excluding hydrogens is 314 g/mol. The minimum absolute atomic E-state index is 0.244. The van der Waals surface area contributed by atoms with Crippen LogP contribution >= 0.6 is 0 Å². The Morgan fingerprint density at radius 3 is 2.96 bits per heavy atom. The van der Waals surface area contributed by atoms with Crippen LogP contribution in [-0.4, -0.2) is 9.97 Å². The monoisotopic (exact) mass is 331 g/mol. The van der Waals surface area contributed by atoms with E-state index in [9.17, 15) is 4.79 Å². The van der Waals surface area contributed by atoms with Crippen LogP contribution in [0.2, 0.25) is 0 Å². The topological polar surface area (TPSA) is 70.9 Å². The van der Waals surface area contributed by atoms with Crippen LogP contribution in [0.25, 0.3) is 22.1 Å². The number of aryl methyl sites for hydroxylation is 2. The van der Waals surface area contributed by atoms with Crippen LogP contribution in [0.15, 0.2) is 51.7 Å². The number of anilines is 1. The predicted octanol–water partition coefficient (Wildman–Crippen LogP) is 3.77. The van der Waals surface area contributed by atoms with E-state index in [4.69, 9.17) is 4.42 Å². The zero-order valence-electron chi connectivity index (χ0n) is 13.6. The summed E-state index contributed by atoms with van der Waals surface area (Å²) in [4.78, 5) is 19.7. The van der Waals surface area contributed by atoms with E-state index < -0.39 is 0 Å². The Labute approximate surface area is 143 Å². The molecule has 2 heterocycles. The zero-order valence-corrected chi connectivity index (χ0v) is 13.6. The lowest BCUT2D eigenvalue weighted by Gasteiger charge is -2.08. The first kappa shape index (κ1) is 14.3. The van der Waals surface area contributed by atoms with Gasteiger partial charge in [-0.25, -0.2) is 4.98 Å². The number of H-pyrrole nitrogens is 1. The van der Waals surface area contributed by atoms with Crippen molar-refractivity contribution in [3.63, 3.8) is 0 Å². The maximum atomic E-state index is 12.3. The molecule has 0 atom stereocenters. The lowest BCUT2D eigenvalue weighted by atomic mass is 10.1. The van der Waals surface area contributed by atoms with Crippen molar-refractivity contribution in [1.29, 1.82) is 0 Å². The molecule has 2 aromatic carbocycles. The van der Waals surface area contributed by atoms with E-state index in [2.05, 4.69) is 33.5 Å². The molecule has 0 bridgehead atoms. The maximum Gasteiger partial charge on any atom is 0.294 e. The Bertz CT molecular complexity index is 1160. The highest BCUT2D eigenvalue weighted by Crippen LogP contribution is 2.26. The summed E-state index contributed by atoms with van der Waals surface area (Å²) in [7, 11) is 0. The highest BCUT2D eigenvalue weighted by molar-refractivity contribution is 6.01. The van der Waals surface area contributed by atoms with E-state index in [1.54, 1.807) is 0 Å². The second-order valence-electron chi connectivity index (χ2n) is 6.48. The summed E-state index contributed by atoms with van der Waals surface area (Å²) < 4.78 is 5.62. The van der Waals surface area contributed by atoms with Gasteiger partial charge < -0.3 is 14.7 Å². The first-order chi connectivity index (χ1) is 12.3. The average Bonchev–Trinajstić information content (AvgIpc) is 3.24. The third kappa shape index (κ3) is 2.39. The Balaban J connectivity index is 1.48. The fourth-order valence-corrected chi connectivity index (χ4v) is 3.60. The van der Waals surface area contributed by atoms with Crippen LogP contribution in [0, 0.1) is 0 Å². The normalized spacial score (nSPS) is 13.4. The van der Waals surface area contributed by atoms with Gasteiger partial charge in [-0.15, -0.1) is 0 Å². The molecule has 5 rings (SSSR count). The van der Waals surface area contributed by atoms with Crippen LogP contribution in [0.4, 0.5) is 5.69 Å². The van der Waals surface area contributed by atoms with Gasteiger partial charge in [0.1, 0.15) is 16.9 Å². The molecule has 0 saturated heterocycles. The molecule has 1 aliphatic rings. The maximum absolute atomic E-state index is 12.3. The van der Waals surface area contributed by atoms with Crippen molar-refractivity contribution in [3.05, 3.63) is 69.8 Å². The number of para-hydroxylation sites is 1. The molecule has 5 heteroatoms. The number of rotatable bonds is 3. The van der Waals surface area contributed by atoms with Crippen molar-refractivity contribution in [2.75, 3.05) is 5.32 Å². The van der Waals surface area contributed by atoms with Gasteiger partial charge >= 0.3 is 0 Å². The van der Waals surface area contributed by atoms with Gasteiger partial charge in [-0.05, 0) is 54.7 Å². The standard InChI is InChI=1S/C20H17N3O2/c24-20-19-18(15-6-1-2-7-16(15)25-19)22-17(23-20)11-21-14-9-8-12-4-3-5-13(12)10-14/h1-2,6-10,21H,3-5,11H2,(H,22,23,24). The SMILES string of the molecule is O=c1[nH]c(CNc2ccc3c(c2)CCC3)nc2c1oc1ccccc12. The highest BCUT2D eigenvalue weighted by atomic mass is 16.3. The van der Waals surface area contributed by atoms with Crippen molar-refractivity contribution in [3.8, 4) is 0 Å². The van der Waals surface area contributed by atoms with Crippen LogP contribution in [0.5, 0.6) is 0 Å². The molecule has 0 aliphatic heterocycles. The number of benzene rings is 2. The second kappa shape index (κ2) is 5.48. The fraction of sp³-hybridized carbons (Fsp3) is 0.200. The summed E-state index contributed by atoms with van der Waals surface area (Å²) in [6.45, 7) is 0.462. The first-order valence-electron chi connectivity index (χ1n) is 8.54. The molecular formula is C20H17N3O2. The quantitative estimate of drug-likeness (QED) is 0.599. The van der Waals surface area contributed by atoms with Crippen molar-refractivity contribution < 1.29 is 4.42 Å². The molecule has 2 N–H and O–H groups in total. The molecule has 4 aromatic rings. The predicted molar refractivity (Wildman–Crippen MR) is 97.9 cm³/mol. The lowest BCUT2D eigenvalue weighted by Crippen LogP contribution is -2.13. The van der Waals surface area contributed by atoms with Crippen LogP contribution in [0.3, 0.4) is 0 Å². The molecule has 0 radical (unpaired) electrons. The van der Waals surface area contributed by atoms with Crippen molar-refractivity contribution in [2.24, 2.45) is 0 Å². The number of aromatic nitrogens is 2.